The second kappa shape index (κ2) is 10.7. The van der Waals surface area contributed by atoms with Crippen LogP contribution in [0.25, 0.3) is 21.9 Å². The first-order valence-electron chi connectivity index (χ1n) is 14.6. The lowest BCUT2D eigenvalue weighted by Crippen LogP contribution is -2.48. The van der Waals surface area contributed by atoms with Crippen LogP contribution in [-0.4, -0.2) is 25.6 Å². The van der Waals surface area contributed by atoms with Crippen molar-refractivity contribution in [1.82, 2.24) is 0 Å². The Morgan fingerprint density at radius 1 is 0.821 bits per heavy atom. The van der Waals surface area contributed by atoms with E-state index < -0.39 is 0 Å². The van der Waals surface area contributed by atoms with Gasteiger partial charge >= 0.3 is 5.97 Å². The molecule has 2 N–H and O–H groups in total. The number of benzene rings is 3. The molecule has 4 aliphatic carbocycles. The molecule has 5 heteroatoms. The monoisotopic (exact) mass is 525 g/mol. The Bertz CT molecular complexity index is 1340. The van der Waals surface area contributed by atoms with Gasteiger partial charge in [0.1, 0.15) is 5.75 Å². The van der Waals surface area contributed by atoms with Crippen LogP contribution in [0.1, 0.15) is 80.1 Å². The Balaban J connectivity index is 1.32. The number of carbonyl (C=O) groups is 2. The standard InChI is InChI=1S/C34H39NO4/c1-38-33(37)26-8-6-25(7-9-26)27-10-11-28-18-31(39-12-4-2-3-5-32(35)36)30(17-29(28)16-27)34-19-22-13-23(20-34)15-24(14-22)21-34/h6-11,16-18,22-24H,2-5,12-15,19-21H2,1H3,(H2,35,36). The maximum Gasteiger partial charge on any atom is 0.337 e. The fourth-order valence-electron chi connectivity index (χ4n) is 8.11. The summed E-state index contributed by atoms with van der Waals surface area (Å²) in [5.74, 6) is 3.07. The zero-order chi connectivity index (χ0) is 27.0. The van der Waals surface area contributed by atoms with E-state index >= 15 is 0 Å². The molecule has 3 aromatic carbocycles. The van der Waals surface area contributed by atoms with E-state index in [1.807, 2.05) is 24.3 Å². The van der Waals surface area contributed by atoms with Gasteiger partial charge in [-0.25, -0.2) is 4.79 Å². The Kier molecular flexibility index (Phi) is 7.09. The maximum atomic E-state index is 11.9. The zero-order valence-electron chi connectivity index (χ0n) is 22.9. The van der Waals surface area contributed by atoms with Crippen LogP contribution >= 0.6 is 0 Å². The normalized spacial score (nSPS) is 25.1. The lowest BCUT2D eigenvalue weighted by molar-refractivity contribution is -0.118. The SMILES string of the molecule is COC(=O)c1ccc(-c2ccc3cc(OCCCCCC(N)=O)c(C45CC6CC(CC(C6)C4)C5)cc3c2)cc1. The number of nitrogens with two attached hydrogens (primary N) is 1. The van der Waals surface area contributed by atoms with E-state index in [0.29, 0.717) is 18.6 Å². The van der Waals surface area contributed by atoms with Crippen molar-refractivity contribution in [3.8, 4) is 16.9 Å². The number of primary amides is 1. The van der Waals surface area contributed by atoms with Gasteiger partial charge in [-0.1, -0.05) is 24.3 Å². The lowest BCUT2D eigenvalue weighted by atomic mass is 9.48. The van der Waals surface area contributed by atoms with E-state index in [9.17, 15) is 9.59 Å². The Hall–Kier alpha value is -3.34. The molecule has 0 heterocycles. The molecule has 4 bridgehead atoms. The molecule has 0 aromatic heterocycles. The highest BCUT2D eigenvalue weighted by Crippen LogP contribution is 2.62. The van der Waals surface area contributed by atoms with E-state index in [-0.39, 0.29) is 17.3 Å². The zero-order valence-corrected chi connectivity index (χ0v) is 22.9. The van der Waals surface area contributed by atoms with Crippen molar-refractivity contribution >= 4 is 22.6 Å². The molecule has 39 heavy (non-hydrogen) atoms. The third-order valence-corrected chi connectivity index (χ3v) is 9.51. The molecular weight excluding hydrogens is 486 g/mol. The summed E-state index contributed by atoms with van der Waals surface area (Å²) in [5.41, 5.74) is 9.71. The predicted molar refractivity (Wildman–Crippen MR) is 154 cm³/mol. The summed E-state index contributed by atoms with van der Waals surface area (Å²) < 4.78 is 11.4. The average Bonchev–Trinajstić information content (AvgIpc) is 2.93. The molecule has 0 radical (unpaired) electrons. The van der Waals surface area contributed by atoms with Gasteiger partial charge in [-0.3, -0.25) is 4.79 Å². The van der Waals surface area contributed by atoms with Crippen molar-refractivity contribution in [2.45, 2.75) is 69.6 Å². The summed E-state index contributed by atoms with van der Waals surface area (Å²) in [4.78, 5) is 22.9. The molecule has 5 nitrogen and oxygen atoms in total. The van der Waals surface area contributed by atoms with Crippen molar-refractivity contribution in [2.75, 3.05) is 13.7 Å². The summed E-state index contributed by atoms with van der Waals surface area (Å²) in [6.45, 7) is 0.661. The van der Waals surface area contributed by atoms with Crippen LogP contribution in [0.2, 0.25) is 0 Å². The lowest BCUT2D eigenvalue weighted by Gasteiger charge is -2.57. The van der Waals surface area contributed by atoms with Gasteiger partial charge in [-0.2, -0.15) is 0 Å². The molecule has 4 aliphatic rings. The number of amides is 1. The summed E-state index contributed by atoms with van der Waals surface area (Å²) in [6, 6.07) is 18.9. The van der Waals surface area contributed by atoms with Crippen LogP contribution in [0.3, 0.4) is 0 Å². The molecule has 0 atom stereocenters. The predicted octanol–water partition coefficient (Wildman–Crippen LogP) is 7.19. The van der Waals surface area contributed by atoms with Gasteiger partial charge in [-0.15, -0.1) is 0 Å². The molecule has 0 aliphatic heterocycles. The van der Waals surface area contributed by atoms with Gasteiger partial charge < -0.3 is 15.2 Å². The molecule has 3 aromatic rings. The van der Waals surface area contributed by atoms with Gasteiger partial charge in [0.15, 0.2) is 0 Å². The number of unbranched alkanes of at least 4 members (excludes halogenated alkanes) is 2. The second-order valence-electron chi connectivity index (χ2n) is 12.3. The molecular formula is C34H39NO4. The summed E-state index contributed by atoms with van der Waals surface area (Å²) in [6.07, 6.45) is 11.2. The van der Waals surface area contributed by atoms with Gasteiger partial charge in [0.05, 0.1) is 19.3 Å². The van der Waals surface area contributed by atoms with Crippen LogP contribution in [0, 0.1) is 17.8 Å². The number of carbonyl (C=O) groups excluding carboxylic acids is 2. The number of esters is 1. The summed E-state index contributed by atoms with van der Waals surface area (Å²) in [5, 5.41) is 2.42. The highest BCUT2D eigenvalue weighted by molar-refractivity contribution is 5.92. The highest BCUT2D eigenvalue weighted by atomic mass is 16.5. The number of hydrogen-bond donors (Lipinski definition) is 1. The molecule has 0 spiro atoms. The van der Waals surface area contributed by atoms with Gasteiger partial charge in [0, 0.05) is 12.0 Å². The van der Waals surface area contributed by atoms with Gasteiger partial charge in [0.2, 0.25) is 5.91 Å². The van der Waals surface area contributed by atoms with Crippen molar-refractivity contribution in [3.63, 3.8) is 0 Å². The van der Waals surface area contributed by atoms with Crippen molar-refractivity contribution < 1.29 is 19.1 Å². The Morgan fingerprint density at radius 3 is 2.13 bits per heavy atom. The number of ether oxygens (including phenoxy) is 2. The number of hydrogen-bond acceptors (Lipinski definition) is 4. The molecule has 4 saturated carbocycles. The van der Waals surface area contributed by atoms with Crippen molar-refractivity contribution in [1.29, 1.82) is 0 Å². The third kappa shape index (κ3) is 5.28. The fourth-order valence-corrected chi connectivity index (χ4v) is 8.11. The maximum absolute atomic E-state index is 11.9. The first-order chi connectivity index (χ1) is 18.9. The third-order valence-electron chi connectivity index (χ3n) is 9.51. The minimum absolute atomic E-state index is 0.225. The average molecular weight is 526 g/mol. The first kappa shape index (κ1) is 25.9. The largest absolute Gasteiger partial charge is 0.493 e. The van der Waals surface area contributed by atoms with E-state index in [4.69, 9.17) is 15.2 Å². The van der Waals surface area contributed by atoms with Gasteiger partial charge in [0.25, 0.3) is 0 Å². The molecule has 0 saturated heterocycles. The number of rotatable bonds is 10. The van der Waals surface area contributed by atoms with Crippen LogP contribution in [0.4, 0.5) is 0 Å². The topological polar surface area (TPSA) is 78.6 Å². The summed E-state index contributed by atoms with van der Waals surface area (Å²) in [7, 11) is 1.41. The van der Waals surface area contributed by atoms with Crippen LogP contribution in [-0.2, 0) is 14.9 Å². The van der Waals surface area contributed by atoms with Crippen LogP contribution in [0.15, 0.2) is 54.6 Å². The molecule has 0 unspecified atom stereocenters. The summed E-state index contributed by atoms with van der Waals surface area (Å²) >= 11 is 0. The minimum atomic E-state index is -0.319. The van der Waals surface area contributed by atoms with Crippen molar-refractivity contribution in [3.05, 3.63) is 65.7 Å². The number of methoxy groups -OCH3 is 1. The number of fused-ring (bicyclic) bond motifs is 1. The van der Waals surface area contributed by atoms with E-state index in [2.05, 4.69) is 30.3 Å². The van der Waals surface area contributed by atoms with Crippen LogP contribution in [0.5, 0.6) is 5.75 Å². The quantitative estimate of drug-likeness (QED) is 0.224. The Labute approximate surface area is 231 Å². The molecule has 7 rings (SSSR count). The van der Waals surface area contributed by atoms with E-state index in [0.717, 1.165) is 53.9 Å². The molecule has 4 fully saturated rings. The van der Waals surface area contributed by atoms with Crippen molar-refractivity contribution in [2.24, 2.45) is 23.5 Å². The fraction of sp³-hybridized carbons (Fsp3) is 0.471. The second-order valence-corrected chi connectivity index (χ2v) is 12.3. The van der Waals surface area contributed by atoms with E-state index in [1.54, 1.807) is 0 Å². The molecule has 204 valence electrons. The smallest absolute Gasteiger partial charge is 0.337 e. The van der Waals surface area contributed by atoms with Crippen LogP contribution < -0.4 is 10.5 Å². The molecule has 1 amide bonds. The Morgan fingerprint density at radius 2 is 1.49 bits per heavy atom. The van der Waals surface area contributed by atoms with E-state index in [1.165, 1.54) is 62.0 Å². The van der Waals surface area contributed by atoms with Gasteiger partial charge in [-0.05, 0) is 133 Å². The first-order valence-corrected chi connectivity index (χ1v) is 14.6. The highest BCUT2D eigenvalue weighted by Gasteiger charge is 2.52. The minimum Gasteiger partial charge on any atom is -0.493 e.